The van der Waals surface area contributed by atoms with E-state index in [-0.39, 0.29) is 12.6 Å². The number of carboxylic acids is 1. The quantitative estimate of drug-likeness (QED) is 0.716. The van der Waals surface area contributed by atoms with Crippen molar-refractivity contribution in [3.63, 3.8) is 0 Å². The van der Waals surface area contributed by atoms with Gasteiger partial charge in [0.2, 0.25) is 0 Å². The molecule has 0 saturated heterocycles. The Morgan fingerprint density at radius 3 is 2.56 bits per heavy atom. The van der Waals surface area contributed by atoms with Gasteiger partial charge in [0.25, 0.3) is 0 Å². The molecule has 1 atom stereocenters. The molecule has 0 aromatic rings. The summed E-state index contributed by atoms with van der Waals surface area (Å²) in [4.78, 5) is 23.9. The Labute approximate surface area is 95.8 Å². The van der Waals surface area contributed by atoms with Gasteiger partial charge in [-0.1, -0.05) is 6.92 Å². The van der Waals surface area contributed by atoms with Crippen LogP contribution >= 0.6 is 0 Å². The highest BCUT2D eigenvalue weighted by atomic mass is 16.4. The Morgan fingerprint density at radius 2 is 2.12 bits per heavy atom. The molecule has 0 bridgehead atoms. The number of nitrogens with one attached hydrogen (secondary N) is 1. The van der Waals surface area contributed by atoms with Crippen LogP contribution in [0, 0.1) is 11.8 Å². The summed E-state index contributed by atoms with van der Waals surface area (Å²) in [6.07, 6.45) is 2.38. The molecule has 5 heteroatoms. The first-order chi connectivity index (χ1) is 7.54. The van der Waals surface area contributed by atoms with Gasteiger partial charge in [0, 0.05) is 19.6 Å². The molecule has 0 aromatic heterocycles. The van der Waals surface area contributed by atoms with E-state index >= 15 is 0 Å². The highest BCUT2D eigenvalue weighted by Crippen LogP contribution is 2.27. The maximum atomic E-state index is 11.7. The summed E-state index contributed by atoms with van der Waals surface area (Å²) in [5.41, 5.74) is 0. The molecular formula is C11H20N2O3. The number of carbonyl (C=O) groups is 2. The van der Waals surface area contributed by atoms with Crippen molar-refractivity contribution < 1.29 is 14.7 Å². The van der Waals surface area contributed by atoms with E-state index in [9.17, 15) is 9.59 Å². The Bertz CT molecular complexity index is 264. The Kier molecular flexibility index (Phi) is 4.58. The third-order valence-electron chi connectivity index (χ3n) is 2.82. The van der Waals surface area contributed by atoms with Crippen LogP contribution in [0.4, 0.5) is 4.79 Å². The average molecular weight is 228 g/mol. The minimum absolute atomic E-state index is 0.150. The first-order valence-electron chi connectivity index (χ1n) is 5.80. The van der Waals surface area contributed by atoms with E-state index < -0.39 is 11.9 Å². The van der Waals surface area contributed by atoms with E-state index in [4.69, 9.17) is 5.11 Å². The molecule has 2 N–H and O–H groups in total. The molecule has 0 aliphatic heterocycles. The number of amides is 2. The molecule has 1 unspecified atom stereocenters. The van der Waals surface area contributed by atoms with Crippen LogP contribution in [0.1, 0.15) is 26.7 Å². The standard InChI is InChI=1S/C11H20N2O3/c1-3-13(7-8(2)10(14)15)11(16)12-6-9-4-5-9/h8-9H,3-7H2,1-2H3,(H,12,16)(H,14,15). The van der Waals surface area contributed by atoms with Crippen LogP contribution in [0.5, 0.6) is 0 Å². The molecule has 0 aromatic carbocycles. The van der Waals surface area contributed by atoms with Crippen LogP contribution in [-0.2, 0) is 4.79 Å². The largest absolute Gasteiger partial charge is 0.481 e. The van der Waals surface area contributed by atoms with Gasteiger partial charge in [-0.3, -0.25) is 4.79 Å². The van der Waals surface area contributed by atoms with Crippen LogP contribution in [0.2, 0.25) is 0 Å². The predicted octanol–water partition coefficient (Wildman–Crippen LogP) is 1.15. The number of rotatable bonds is 6. The van der Waals surface area contributed by atoms with Crippen molar-refractivity contribution in [2.45, 2.75) is 26.7 Å². The summed E-state index contributed by atoms with van der Waals surface area (Å²) < 4.78 is 0. The van der Waals surface area contributed by atoms with Gasteiger partial charge >= 0.3 is 12.0 Å². The van der Waals surface area contributed by atoms with Gasteiger partial charge in [-0.25, -0.2) is 4.79 Å². The van der Waals surface area contributed by atoms with Crippen molar-refractivity contribution in [3.8, 4) is 0 Å². The van der Waals surface area contributed by atoms with Crippen LogP contribution in [0.25, 0.3) is 0 Å². The summed E-state index contributed by atoms with van der Waals surface area (Å²) in [7, 11) is 0. The smallest absolute Gasteiger partial charge is 0.317 e. The third kappa shape index (κ3) is 4.08. The van der Waals surface area contributed by atoms with Gasteiger partial charge in [-0.15, -0.1) is 0 Å². The first kappa shape index (κ1) is 12.8. The first-order valence-corrected chi connectivity index (χ1v) is 5.80. The number of aliphatic carboxylic acids is 1. The molecular weight excluding hydrogens is 208 g/mol. The lowest BCUT2D eigenvalue weighted by Crippen LogP contribution is -2.43. The lowest BCUT2D eigenvalue weighted by Gasteiger charge is -2.23. The average Bonchev–Trinajstić information content (AvgIpc) is 3.05. The highest BCUT2D eigenvalue weighted by molar-refractivity contribution is 5.75. The van der Waals surface area contributed by atoms with Crippen molar-refractivity contribution in [1.82, 2.24) is 10.2 Å². The summed E-state index contributed by atoms with van der Waals surface area (Å²) in [5, 5.41) is 11.6. The topological polar surface area (TPSA) is 69.6 Å². The van der Waals surface area contributed by atoms with E-state index in [0.29, 0.717) is 12.5 Å². The van der Waals surface area contributed by atoms with Gasteiger partial charge in [0.15, 0.2) is 0 Å². The minimum atomic E-state index is -0.867. The minimum Gasteiger partial charge on any atom is -0.481 e. The molecule has 92 valence electrons. The van der Waals surface area contributed by atoms with Crippen LogP contribution < -0.4 is 5.32 Å². The van der Waals surface area contributed by atoms with E-state index in [0.717, 1.165) is 6.54 Å². The second kappa shape index (κ2) is 5.72. The molecule has 0 heterocycles. The molecule has 1 saturated carbocycles. The van der Waals surface area contributed by atoms with Crippen molar-refractivity contribution in [3.05, 3.63) is 0 Å². The van der Waals surface area contributed by atoms with E-state index in [2.05, 4.69) is 5.32 Å². The second-order valence-corrected chi connectivity index (χ2v) is 4.41. The van der Waals surface area contributed by atoms with E-state index in [1.165, 1.54) is 12.8 Å². The van der Waals surface area contributed by atoms with Crippen molar-refractivity contribution in [1.29, 1.82) is 0 Å². The Balaban J connectivity index is 2.32. The van der Waals surface area contributed by atoms with Crippen molar-refractivity contribution >= 4 is 12.0 Å². The van der Waals surface area contributed by atoms with Gasteiger partial charge in [-0.2, -0.15) is 0 Å². The van der Waals surface area contributed by atoms with Gasteiger partial charge in [-0.05, 0) is 25.7 Å². The van der Waals surface area contributed by atoms with Crippen LogP contribution in [0.15, 0.2) is 0 Å². The Hall–Kier alpha value is -1.26. The zero-order chi connectivity index (χ0) is 12.1. The maximum Gasteiger partial charge on any atom is 0.317 e. The van der Waals surface area contributed by atoms with Crippen molar-refractivity contribution in [2.24, 2.45) is 11.8 Å². The SMILES string of the molecule is CCN(CC(C)C(=O)O)C(=O)NCC1CC1. The fourth-order valence-corrected chi connectivity index (χ4v) is 1.43. The fraction of sp³-hybridized carbons (Fsp3) is 0.818. The molecule has 1 fully saturated rings. The monoisotopic (exact) mass is 228 g/mol. The second-order valence-electron chi connectivity index (χ2n) is 4.41. The molecule has 16 heavy (non-hydrogen) atoms. The molecule has 1 rings (SSSR count). The normalized spacial score (nSPS) is 16.6. The summed E-state index contributed by atoms with van der Waals surface area (Å²) >= 11 is 0. The van der Waals surface area contributed by atoms with E-state index in [1.807, 2.05) is 6.92 Å². The fourth-order valence-electron chi connectivity index (χ4n) is 1.43. The lowest BCUT2D eigenvalue weighted by molar-refractivity contribution is -0.141. The number of nitrogens with zero attached hydrogens (tertiary/aromatic N) is 1. The summed E-state index contributed by atoms with van der Waals surface area (Å²) in [6.45, 7) is 4.98. The molecule has 0 radical (unpaired) electrons. The molecule has 0 spiro atoms. The van der Waals surface area contributed by atoms with Crippen LogP contribution in [0.3, 0.4) is 0 Å². The molecule has 2 amide bonds. The maximum absolute atomic E-state index is 11.7. The number of hydrogen-bond acceptors (Lipinski definition) is 2. The van der Waals surface area contributed by atoms with E-state index in [1.54, 1.807) is 11.8 Å². The summed E-state index contributed by atoms with van der Waals surface area (Å²) in [6, 6.07) is -0.150. The lowest BCUT2D eigenvalue weighted by atomic mass is 10.2. The zero-order valence-electron chi connectivity index (χ0n) is 9.90. The van der Waals surface area contributed by atoms with Gasteiger partial charge < -0.3 is 15.3 Å². The number of carbonyl (C=O) groups excluding carboxylic acids is 1. The number of urea groups is 1. The molecule has 1 aliphatic rings. The number of carboxylic acid groups (broad SMARTS) is 1. The van der Waals surface area contributed by atoms with Crippen LogP contribution in [-0.4, -0.2) is 41.6 Å². The predicted molar refractivity (Wildman–Crippen MR) is 60.2 cm³/mol. The zero-order valence-corrected chi connectivity index (χ0v) is 9.90. The number of hydrogen-bond donors (Lipinski definition) is 2. The highest BCUT2D eigenvalue weighted by Gasteiger charge is 2.24. The third-order valence-corrected chi connectivity index (χ3v) is 2.82. The molecule has 5 nitrogen and oxygen atoms in total. The van der Waals surface area contributed by atoms with Crippen molar-refractivity contribution in [2.75, 3.05) is 19.6 Å². The van der Waals surface area contributed by atoms with Gasteiger partial charge in [0.1, 0.15) is 0 Å². The summed E-state index contributed by atoms with van der Waals surface area (Å²) in [5.74, 6) is -0.750. The Morgan fingerprint density at radius 1 is 1.50 bits per heavy atom. The molecule has 1 aliphatic carbocycles. The van der Waals surface area contributed by atoms with Gasteiger partial charge in [0.05, 0.1) is 5.92 Å².